The van der Waals surface area contributed by atoms with Crippen LogP contribution in [0.2, 0.25) is 0 Å². The molecule has 4 N–H and O–H groups in total. The van der Waals surface area contributed by atoms with Crippen molar-refractivity contribution in [3.8, 4) is 0 Å². The van der Waals surface area contributed by atoms with Crippen LogP contribution in [0.25, 0.3) is 0 Å². The molecule has 11 heteroatoms. The molecule has 1 fully saturated rings. The van der Waals surface area contributed by atoms with E-state index in [9.17, 15) is 21.2 Å². The third kappa shape index (κ3) is 6.89. The normalized spacial score (nSPS) is 21.0. The van der Waals surface area contributed by atoms with Crippen molar-refractivity contribution in [2.75, 3.05) is 20.1 Å². The Hall–Kier alpha value is -1.11. The summed E-state index contributed by atoms with van der Waals surface area (Å²) in [6.45, 7) is 2.24. The van der Waals surface area contributed by atoms with E-state index in [1.807, 2.05) is 6.92 Å². The van der Waals surface area contributed by atoms with Crippen LogP contribution in [0.4, 0.5) is 4.39 Å². The molecule has 0 aliphatic carbocycles. The minimum Gasteiger partial charge on any atom is -0.307 e. The van der Waals surface area contributed by atoms with E-state index in [0.717, 1.165) is 5.56 Å². The van der Waals surface area contributed by atoms with Gasteiger partial charge in [-0.25, -0.2) is 13.8 Å². The Bertz CT molecular complexity index is 707. The van der Waals surface area contributed by atoms with E-state index in [4.69, 9.17) is 4.55 Å². The van der Waals surface area contributed by atoms with Crippen molar-refractivity contribution in [1.29, 1.82) is 0 Å². The van der Waals surface area contributed by atoms with Gasteiger partial charge in [0.15, 0.2) is 0 Å². The van der Waals surface area contributed by atoms with Crippen LogP contribution in [0.3, 0.4) is 0 Å². The third-order valence-electron chi connectivity index (χ3n) is 3.09. The number of rotatable bonds is 5. The van der Waals surface area contributed by atoms with Gasteiger partial charge in [0.1, 0.15) is 6.17 Å². The number of nitrogens with one attached hydrogen (secondary N) is 3. The lowest BCUT2D eigenvalue weighted by molar-refractivity contribution is 0.160. The van der Waals surface area contributed by atoms with Crippen molar-refractivity contribution in [1.82, 2.24) is 14.8 Å². The van der Waals surface area contributed by atoms with E-state index in [0.29, 0.717) is 6.54 Å². The van der Waals surface area contributed by atoms with Gasteiger partial charge in [0.2, 0.25) is 0 Å². The summed E-state index contributed by atoms with van der Waals surface area (Å²) in [5.41, 5.74) is 0.956. The second kappa shape index (κ2) is 8.13. The first-order valence-electron chi connectivity index (χ1n) is 6.65. The van der Waals surface area contributed by atoms with Crippen LogP contribution >= 0.6 is 0 Å². The second-order valence-corrected chi connectivity index (χ2v) is 8.00. The summed E-state index contributed by atoms with van der Waals surface area (Å²) in [6, 6.07) is 5.61. The number of hydrogen-bond acceptors (Lipinski definition) is 5. The average molecular weight is 369 g/mol. The minimum atomic E-state index is -4.02. The Morgan fingerprint density at radius 3 is 2.17 bits per heavy atom. The van der Waals surface area contributed by atoms with Crippen LogP contribution < -0.4 is 14.8 Å². The molecule has 1 aliphatic rings. The zero-order valence-corrected chi connectivity index (χ0v) is 14.3. The molecule has 23 heavy (non-hydrogen) atoms. The number of hydrogen-bond donors (Lipinski definition) is 4. The highest BCUT2D eigenvalue weighted by Crippen LogP contribution is 2.08. The smallest absolute Gasteiger partial charge is 0.294 e. The monoisotopic (exact) mass is 369 g/mol. The molecule has 0 radical (unpaired) electrons. The molecule has 1 aromatic rings. The lowest BCUT2D eigenvalue weighted by atomic mass is 10.1. The molecule has 1 aromatic carbocycles. The van der Waals surface area contributed by atoms with Crippen molar-refractivity contribution in [2.24, 2.45) is 0 Å². The lowest BCUT2D eigenvalue weighted by Crippen LogP contribution is -2.60. The molecule has 0 bridgehead atoms. The van der Waals surface area contributed by atoms with Crippen molar-refractivity contribution in [3.63, 3.8) is 0 Å². The summed E-state index contributed by atoms with van der Waals surface area (Å²) >= 11 is 0. The third-order valence-corrected chi connectivity index (χ3v) is 5.04. The van der Waals surface area contributed by atoms with Gasteiger partial charge in [0.25, 0.3) is 20.3 Å². The summed E-state index contributed by atoms with van der Waals surface area (Å²) in [5.74, 6) is 0. The first kappa shape index (κ1) is 19.9. The van der Waals surface area contributed by atoms with E-state index in [1.165, 1.54) is 19.2 Å². The predicted octanol–water partition coefficient (Wildman–Crippen LogP) is -0.408. The molecule has 2 atom stereocenters. The highest BCUT2D eigenvalue weighted by molar-refractivity contribution is 7.87. The summed E-state index contributed by atoms with van der Waals surface area (Å²) in [5, 5.41) is 2.76. The summed E-state index contributed by atoms with van der Waals surface area (Å²) < 4.78 is 67.9. The van der Waals surface area contributed by atoms with Gasteiger partial charge in [-0.1, -0.05) is 17.7 Å². The molecule has 0 unspecified atom stereocenters. The SMILES string of the molecule is CNS(=O)(=O)NC[C@H]1NC[C@H]1F.Cc1ccc(S(=O)(=O)O)cc1. The molecule has 0 saturated carbocycles. The van der Waals surface area contributed by atoms with Crippen LogP contribution in [0.5, 0.6) is 0 Å². The highest BCUT2D eigenvalue weighted by atomic mass is 32.2. The minimum absolute atomic E-state index is 0.0666. The quantitative estimate of drug-likeness (QED) is 0.523. The van der Waals surface area contributed by atoms with Crippen LogP contribution in [-0.4, -0.2) is 53.7 Å². The predicted molar refractivity (Wildman–Crippen MR) is 83.7 cm³/mol. The summed E-state index contributed by atoms with van der Waals surface area (Å²) in [4.78, 5) is -0.0666. The van der Waals surface area contributed by atoms with E-state index in [-0.39, 0.29) is 17.5 Å². The van der Waals surface area contributed by atoms with E-state index in [2.05, 4.69) is 14.8 Å². The van der Waals surface area contributed by atoms with Gasteiger partial charge in [-0.15, -0.1) is 0 Å². The summed E-state index contributed by atoms with van der Waals surface area (Å²) in [6.07, 6.45) is -0.940. The lowest BCUT2D eigenvalue weighted by Gasteiger charge is -2.31. The number of aryl methyl sites for hydroxylation is 1. The van der Waals surface area contributed by atoms with Crippen molar-refractivity contribution < 1.29 is 25.8 Å². The average Bonchev–Trinajstić information content (AvgIpc) is 2.46. The van der Waals surface area contributed by atoms with Gasteiger partial charge < -0.3 is 5.32 Å². The van der Waals surface area contributed by atoms with Gasteiger partial charge >= 0.3 is 0 Å². The van der Waals surface area contributed by atoms with E-state index >= 15 is 0 Å². The Balaban J connectivity index is 0.000000231. The zero-order valence-electron chi connectivity index (χ0n) is 12.7. The summed E-state index contributed by atoms with van der Waals surface area (Å²) in [7, 11) is -6.15. The maximum absolute atomic E-state index is 12.5. The van der Waals surface area contributed by atoms with Gasteiger partial charge in [0.05, 0.1) is 10.9 Å². The maximum atomic E-state index is 12.5. The number of benzene rings is 1. The molecule has 0 aromatic heterocycles. The fraction of sp³-hybridized carbons (Fsp3) is 0.500. The topological polar surface area (TPSA) is 125 Å². The fourth-order valence-electron chi connectivity index (χ4n) is 1.56. The van der Waals surface area contributed by atoms with Crippen molar-refractivity contribution in [3.05, 3.63) is 29.8 Å². The Morgan fingerprint density at radius 1 is 1.26 bits per heavy atom. The molecular formula is C12H20FN3O5S2. The molecule has 1 aliphatic heterocycles. The van der Waals surface area contributed by atoms with Crippen LogP contribution in [0.1, 0.15) is 5.56 Å². The molecule has 1 heterocycles. The molecule has 0 spiro atoms. The Labute approximate surface area is 135 Å². The molecule has 8 nitrogen and oxygen atoms in total. The van der Waals surface area contributed by atoms with E-state index < -0.39 is 26.5 Å². The van der Waals surface area contributed by atoms with Crippen LogP contribution in [0, 0.1) is 6.92 Å². The van der Waals surface area contributed by atoms with Crippen LogP contribution in [0.15, 0.2) is 29.2 Å². The van der Waals surface area contributed by atoms with Crippen molar-refractivity contribution in [2.45, 2.75) is 24.0 Å². The standard InChI is InChI=1S/C7H8O3S.C5H12FN3O2S/c1-6-2-4-7(5-3-6)11(8,9)10;1-7-12(10,11)9-3-5-4(6)2-8-5/h2-5H,1H3,(H,8,9,10);4-5,7-9H,2-3H2,1H3/t;4-,5-/m.1/s1. The fourth-order valence-corrected chi connectivity index (χ4v) is 2.58. The largest absolute Gasteiger partial charge is 0.307 e. The first-order valence-corrected chi connectivity index (χ1v) is 9.57. The second-order valence-electron chi connectivity index (χ2n) is 4.87. The zero-order chi connectivity index (χ0) is 17.7. The first-order chi connectivity index (χ1) is 10.5. The Morgan fingerprint density at radius 2 is 1.83 bits per heavy atom. The van der Waals surface area contributed by atoms with Gasteiger partial charge in [-0.2, -0.15) is 16.8 Å². The molecule has 0 amide bonds. The molecule has 2 rings (SSSR count). The van der Waals surface area contributed by atoms with E-state index in [1.54, 1.807) is 12.1 Å². The molecule has 1 saturated heterocycles. The number of halogens is 1. The highest BCUT2D eigenvalue weighted by Gasteiger charge is 2.30. The van der Waals surface area contributed by atoms with Crippen molar-refractivity contribution >= 4 is 20.3 Å². The van der Waals surface area contributed by atoms with Gasteiger partial charge in [-0.3, -0.25) is 4.55 Å². The molecule has 132 valence electrons. The number of alkyl halides is 1. The Kier molecular flexibility index (Phi) is 7.04. The van der Waals surface area contributed by atoms with Gasteiger partial charge in [-0.05, 0) is 19.1 Å². The molecular weight excluding hydrogens is 349 g/mol. The maximum Gasteiger partial charge on any atom is 0.294 e. The van der Waals surface area contributed by atoms with Crippen LogP contribution in [-0.2, 0) is 20.3 Å². The van der Waals surface area contributed by atoms with Gasteiger partial charge in [0, 0.05) is 20.1 Å².